The molecule has 4 fully saturated rings. The highest BCUT2D eigenvalue weighted by atomic mass is 14.5. The Labute approximate surface area is 510 Å². The van der Waals surface area contributed by atoms with E-state index in [0.29, 0.717) is 65.0 Å². The van der Waals surface area contributed by atoms with Crippen LogP contribution in [0.2, 0.25) is 0 Å². The van der Waals surface area contributed by atoms with Crippen molar-refractivity contribution in [1.29, 1.82) is 0 Å². The van der Waals surface area contributed by atoms with Crippen LogP contribution < -0.4 is 0 Å². The van der Waals surface area contributed by atoms with Gasteiger partial charge in [0.1, 0.15) is 0 Å². The molecule has 4 saturated carbocycles. The first-order valence-electron chi connectivity index (χ1n) is 34.1. The first-order valence-corrected chi connectivity index (χ1v) is 34.1. The molecule has 2 unspecified atom stereocenters. The van der Waals surface area contributed by atoms with Crippen LogP contribution >= 0.6 is 0 Å². The van der Waals surface area contributed by atoms with Crippen LogP contribution in [0.3, 0.4) is 0 Å². The molecule has 0 N–H and O–H groups in total. The van der Waals surface area contributed by atoms with Crippen molar-refractivity contribution in [3.05, 3.63) is 0 Å². The molecule has 4 aliphatic rings. The zero-order chi connectivity index (χ0) is 65.6. The summed E-state index contributed by atoms with van der Waals surface area (Å²) in [7, 11) is 0. The van der Waals surface area contributed by atoms with Gasteiger partial charge >= 0.3 is 0 Å². The summed E-state index contributed by atoms with van der Waals surface area (Å²) in [5.41, 5.74) is 6.49. The van der Waals surface area contributed by atoms with Gasteiger partial charge in [-0.25, -0.2) is 0 Å². The molecule has 0 aromatic carbocycles. The molecule has 0 bridgehead atoms. The Balaban J connectivity index is -0.000000187. The predicted octanol–water partition coefficient (Wildman–Crippen LogP) is 29.3. The Bertz CT molecular complexity index is 1320. The fourth-order valence-electron chi connectivity index (χ4n) is 6.31. The van der Waals surface area contributed by atoms with E-state index >= 15 is 0 Å². The van der Waals surface area contributed by atoms with Gasteiger partial charge < -0.3 is 0 Å². The normalized spacial score (nSPS) is 19.3. The molecule has 0 heterocycles. The lowest BCUT2D eigenvalue weighted by molar-refractivity contribution is 0.126. The van der Waals surface area contributed by atoms with Gasteiger partial charge in [-0.2, -0.15) is 0 Å². The van der Waals surface area contributed by atoms with Gasteiger partial charge in [-0.15, -0.1) is 0 Å². The lowest BCUT2D eigenvalue weighted by Gasteiger charge is -2.37. The highest BCUT2D eigenvalue weighted by Gasteiger charge is 2.49. The molecular formula is C79H170. The standard InChI is InChI=1S/C9H20.7C8H18.2C7H12/c1-7-9(5,6)8(2,3)4;1-7(2)6-8(3,4)5;3*1-7(2,3)8(4,5)6;2*1-6-7(2)8(3,4)5;1-6-8(4,5)7(2)3;1-7(4-5-7)6-2-3-6;1-5-4-7(5)6-2-3-6/h7H2,1-6H3;7H,6H2,1-5H3;3*1-6H3;3*7H,6H2,1-5H3;6H,2-5H2,1H3;5-7H,2-4H2,1H3/t;;;;;7-;;;;5-,7?/m.....1...0/s1. The Morgan fingerprint density at radius 2 is 0.658 bits per heavy atom. The molecule has 0 heteroatoms. The van der Waals surface area contributed by atoms with E-state index in [-0.39, 0.29) is 0 Å². The van der Waals surface area contributed by atoms with Gasteiger partial charge in [0, 0.05) is 0 Å². The maximum atomic E-state index is 2.44. The van der Waals surface area contributed by atoms with Crippen molar-refractivity contribution in [3.63, 3.8) is 0 Å². The number of hydrogen-bond acceptors (Lipinski definition) is 0. The molecule has 0 amide bonds. The Morgan fingerprint density at radius 1 is 0.392 bits per heavy atom. The molecule has 486 valence electrons. The van der Waals surface area contributed by atoms with Crippen LogP contribution in [0.4, 0.5) is 0 Å². The third kappa shape index (κ3) is 48.9. The van der Waals surface area contributed by atoms with E-state index in [0.717, 1.165) is 40.9 Å². The lowest BCUT2D eigenvalue weighted by Crippen LogP contribution is -2.28. The van der Waals surface area contributed by atoms with Crippen molar-refractivity contribution in [2.24, 2.45) is 118 Å². The second-order valence-corrected chi connectivity index (χ2v) is 39.6. The molecule has 0 radical (unpaired) electrons. The highest BCUT2D eigenvalue weighted by Crippen LogP contribution is 2.60. The number of hydrogen-bond donors (Lipinski definition) is 0. The van der Waals surface area contributed by atoms with Crippen molar-refractivity contribution in [2.45, 2.75) is 396 Å². The van der Waals surface area contributed by atoms with Gasteiger partial charge in [0.2, 0.25) is 0 Å². The van der Waals surface area contributed by atoms with Gasteiger partial charge in [-0.1, -0.05) is 344 Å². The molecule has 0 aromatic heterocycles. The zero-order valence-electron chi connectivity index (χ0n) is 65.6. The molecule has 0 saturated heterocycles. The fourth-order valence-corrected chi connectivity index (χ4v) is 6.31. The SMILES string of the molecule is CC(C)(C)C(C)(C)C.CC(C)(C)C(C)(C)C.CC(C)(C)C(C)(C)C.CC(C)CC(C)(C)C.CC1(C2CC2)CC1.CCC(C)(C)C(C)(C)C.CCC(C)(C)C(C)C.CCC(C)C(C)(C)C.CC[C@@H](C)C(C)(C)C.C[C@H]1CC1C1CC1. The monoisotopic (exact) mass is 1120 g/mol. The first-order chi connectivity index (χ1) is 34.1. The van der Waals surface area contributed by atoms with Crippen LogP contribution in [0.1, 0.15) is 396 Å². The molecule has 4 atom stereocenters. The summed E-state index contributed by atoms with van der Waals surface area (Å²) < 4.78 is 0. The Morgan fingerprint density at radius 3 is 0.684 bits per heavy atom. The Hall–Kier alpha value is 0. The minimum atomic E-state index is 0.437. The van der Waals surface area contributed by atoms with E-state index in [1.165, 1.54) is 69.6 Å². The quantitative estimate of drug-likeness (QED) is 0.227. The second kappa shape index (κ2) is 35.6. The molecule has 0 aliphatic heterocycles. The maximum absolute atomic E-state index is 2.44. The topological polar surface area (TPSA) is 0 Å². The van der Waals surface area contributed by atoms with Crippen LogP contribution in [0.25, 0.3) is 0 Å². The third-order valence-corrected chi connectivity index (χ3v) is 22.3. The summed E-state index contributed by atoms with van der Waals surface area (Å²) in [6.45, 7) is 105. The number of rotatable bonds is 8. The third-order valence-electron chi connectivity index (χ3n) is 22.3. The average Bonchev–Trinajstić information content (AvgIpc) is 3.99. The summed E-state index contributed by atoms with van der Waals surface area (Å²) in [6.07, 6.45) is 17.2. The van der Waals surface area contributed by atoms with E-state index in [1.807, 2.05) is 0 Å². The molecule has 4 rings (SSSR count). The van der Waals surface area contributed by atoms with Crippen molar-refractivity contribution in [3.8, 4) is 0 Å². The van der Waals surface area contributed by atoms with E-state index in [9.17, 15) is 0 Å². The molecule has 0 spiro atoms. The minimum absolute atomic E-state index is 0.437. The maximum Gasteiger partial charge on any atom is -0.0297 e. The minimum Gasteiger partial charge on any atom is -0.0651 e. The highest BCUT2D eigenvalue weighted by molar-refractivity contribution is 5.00. The summed E-state index contributed by atoms with van der Waals surface area (Å²) in [6, 6.07) is 0. The van der Waals surface area contributed by atoms with E-state index in [1.54, 1.807) is 19.3 Å². The largest absolute Gasteiger partial charge is 0.0651 e. The zero-order valence-corrected chi connectivity index (χ0v) is 65.6. The van der Waals surface area contributed by atoms with E-state index in [4.69, 9.17) is 0 Å². The van der Waals surface area contributed by atoms with Crippen molar-refractivity contribution in [2.75, 3.05) is 0 Å². The van der Waals surface area contributed by atoms with Crippen LogP contribution in [0, 0.1) is 118 Å². The second-order valence-electron chi connectivity index (χ2n) is 39.6. The van der Waals surface area contributed by atoms with Gasteiger partial charge in [-0.3, -0.25) is 0 Å². The van der Waals surface area contributed by atoms with Crippen molar-refractivity contribution < 1.29 is 0 Å². The smallest absolute Gasteiger partial charge is 0.0297 e. The van der Waals surface area contributed by atoms with Crippen LogP contribution in [0.5, 0.6) is 0 Å². The summed E-state index contributed by atoms with van der Waals surface area (Å²) in [5.74, 6) is 7.99. The summed E-state index contributed by atoms with van der Waals surface area (Å²) in [5, 5.41) is 0. The van der Waals surface area contributed by atoms with Gasteiger partial charge in [0.15, 0.2) is 0 Å². The molecule has 4 aliphatic carbocycles. The van der Waals surface area contributed by atoms with Crippen LogP contribution in [-0.2, 0) is 0 Å². The molecule has 0 nitrogen and oxygen atoms in total. The Kier molecular flexibility index (Phi) is 40.6. The first kappa shape index (κ1) is 90.2. The van der Waals surface area contributed by atoms with Crippen molar-refractivity contribution >= 4 is 0 Å². The average molecular weight is 1120 g/mol. The van der Waals surface area contributed by atoms with Gasteiger partial charge in [0.05, 0.1) is 0 Å². The lowest BCUT2D eigenvalue weighted by atomic mass is 9.68. The van der Waals surface area contributed by atoms with Crippen LogP contribution in [0.15, 0.2) is 0 Å². The van der Waals surface area contributed by atoms with E-state index < -0.39 is 0 Å². The molecular weight excluding hydrogens is 949 g/mol. The van der Waals surface area contributed by atoms with E-state index in [2.05, 4.69) is 318 Å². The summed E-state index contributed by atoms with van der Waals surface area (Å²) in [4.78, 5) is 0. The molecule has 79 heavy (non-hydrogen) atoms. The van der Waals surface area contributed by atoms with Gasteiger partial charge in [-0.05, 0) is 169 Å². The predicted molar refractivity (Wildman–Crippen MR) is 376 cm³/mol. The summed E-state index contributed by atoms with van der Waals surface area (Å²) >= 11 is 0. The van der Waals surface area contributed by atoms with Crippen molar-refractivity contribution in [1.82, 2.24) is 0 Å². The fraction of sp³-hybridized carbons (Fsp3) is 1.00. The van der Waals surface area contributed by atoms with Gasteiger partial charge in [0.25, 0.3) is 0 Å². The van der Waals surface area contributed by atoms with Crippen LogP contribution in [-0.4, -0.2) is 0 Å². The molecule has 0 aromatic rings.